The second kappa shape index (κ2) is 7.15. The van der Waals surface area contributed by atoms with E-state index in [1.54, 1.807) is 18.2 Å². The number of benzene rings is 1. The molecule has 1 aromatic rings. The van der Waals surface area contributed by atoms with Crippen molar-refractivity contribution in [3.05, 3.63) is 23.8 Å². The molecule has 1 unspecified atom stereocenters. The molecule has 4 heteroatoms. The van der Waals surface area contributed by atoms with Crippen molar-refractivity contribution in [1.82, 2.24) is 0 Å². The molecule has 0 saturated heterocycles. The van der Waals surface area contributed by atoms with Crippen molar-refractivity contribution in [2.45, 2.75) is 38.2 Å². The summed E-state index contributed by atoms with van der Waals surface area (Å²) in [5.41, 5.74) is 0.676. The molecule has 1 aliphatic rings. The average Bonchev–Trinajstić information content (AvgIpc) is 2.45. The molecular weight excluding hydrogens is 308 g/mol. The molecule has 2 rings (SSSR count). The lowest BCUT2D eigenvalue weighted by Gasteiger charge is -2.22. The minimum absolute atomic E-state index is 0.135. The standard InChI is InChI=1S/C15H21BrO3/c16-9-15(18)12-6-13(17)8-14(7-12)19-10-11-4-2-1-3-5-11/h6-8,11,15,17-18H,1-5,9-10H2. The summed E-state index contributed by atoms with van der Waals surface area (Å²) >= 11 is 3.23. The fourth-order valence-corrected chi connectivity index (χ4v) is 2.91. The van der Waals surface area contributed by atoms with Gasteiger partial charge in [0.05, 0.1) is 12.7 Å². The third-order valence-electron chi connectivity index (χ3n) is 3.65. The number of ether oxygens (including phenoxy) is 1. The Morgan fingerprint density at radius 1 is 1.21 bits per heavy atom. The predicted octanol–water partition coefficient (Wildman–Crippen LogP) is 3.78. The van der Waals surface area contributed by atoms with Gasteiger partial charge in [0, 0.05) is 11.4 Å². The van der Waals surface area contributed by atoms with Crippen LogP contribution in [-0.2, 0) is 0 Å². The highest BCUT2D eigenvalue weighted by Gasteiger charge is 2.15. The highest BCUT2D eigenvalue weighted by Crippen LogP contribution is 2.29. The number of aromatic hydroxyl groups is 1. The normalized spacial score (nSPS) is 18.2. The van der Waals surface area contributed by atoms with E-state index in [0.717, 1.165) is 0 Å². The summed E-state index contributed by atoms with van der Waals surface area (Å²) in [5, 5.41) is 19.9. The molecule has 0 radical (unpaired) electrons. The SMILES string of the molecule is Oc1cc(OCC2CCCCC2)cc(C(O)CBr)c1. The number of phenols is 1. The monoisotopic (exact) mass is 328 g/mol. The van der Waals surface area contributed by atoms with E-state index in [4.69, 9.17) is 4.74 Å². The molecule has 3 nitrogen and oxygen atoms in total. The summed E-state index contributed by atoms with van der Waals surface area (Å²) in [6.45, 7) is 0.702. The van der Waals surface area contributed by atoms with Gasteiger partial charge in [-0.3, -0.25) is 0 Å². The van der Waals surface area contributed by atoms with Crippen LogP contribution in [0.4, 0.5) is 0 Å². The molecule has 0 heterocycles. The average molecular weight is 329 g/mol. The van der Waals surface area contributed by atoms with E-state index in [1.807, 2.05) is 0 Å². The maximum atomic E-state index is 9.78. The first-order valence-electron chi connectivity index (χ1n) is 6.90. The van der Waals surface area contributed by atoms with E-state index in [2.05, 4.69) is 15.9 Å². The van der Waals surface area contributed by atoms with Crippen molar-refractivity contribution in [1.29, 1.82) is 0 Å². The Balaban J connectivity index is 1.97. The van der Waals surface area contributed by atoms with Crippen molar-refractivity contribution in [3.8, 4) is 11.5 Å². The van der Waals surface area contributed by atoms with Gasteiger partial charge < -0.3 is 14.9 Å². The molecule has 106 valence electrons. The van der Waals surface area contributed by atoms with Gasteiger partial charge in [-0.2, -0.15) is 0 Å². The number of hydrogen-bond acceptors (Lipinski definition) is 3. The Morgan fingerprint density at radius 3 is 2.63 bits per heavy atom. The molecule has 1 aromatic carbocycles. The van der Waals surface area contributed by atoms with Crippen LogP contribution in [0.25, 0.3) is 0 Å². The molecule has 19 heavy (non-hydrogen) atoms. The first-order chi connectivity index (χ1) is 9.19. The molecule has 1 fully saturated rings. The smallest absolute Gasteiger partial charge is 0.123 e. The lowest BCUT2D eigenvalue weighted by atomic mass is 9.90. The zero-order valence-corrected chi connectivity index (χ0v) is 12.6. The van der Waals surface area contributed by atoms with Crippen LogP contribution in [0.2, 0.25) is 0 Å². The van der Waals surface area contributed by atoms with Crippen LogP contribution in [-0.4, -0.2) is 22.2 Å². The Hall–Kier alpha value is -0.740. The number of aliphatic hydroxyl groups is 1. The Labute approximate surface area is 122 Å². The minimum Gasteiger partial charge on any atom is -0.508 e. The highest BCUT2D eigenvalue weighted by atomic mass is 79.9. The molecule has 1 aliphatic carbocycles. The largest absolute Gasteiger partial charge is 0.508 e. The summed E-state index contributed by atoms with van der Waals surface area (Å²) in [5.74, 6) is 1.40. The van der Waals surface area contributed by atoms with Gasteiger partial charge in [-0.25, -0.2) is 0 Å². The Bertz CT molecular complexity index is 402. The van der Waals surface area contributed by atoms with E-state index >= 15 is 0 Å². The summed E-state index contributed by atoms with van der Waals surface area (Å²) in [6, 6.07) is 4.97. The number of alkyl halides is 1. The Kier molecular flexibility index (Phi) is 5.52. The van der Waals surface area contributed by atoms with E-state index in [9.17, 15) is 10.2 Å². The van der Waals surface area contributed by atoms with Crippen LogP contribution in [0.15, 0.2) is 18.2 Å². The van der Waals surface area contributed by atoms with Crippen LogP contribution in [0.3, 0.4) is 0 Å². The van der Waals surface area contributed by atoms with Crippen molar-refractivity contribution in [2.24, 2.45) is 5.92 Å². The van der Waals surface area contributed by atoms with Gasteiger partial charge in [0.15, 0.2) is 0 Å². The predicted molar refractivity (Wildman–Crippen MR) is 78.9 cm³/mol. The maximum Gasteiger partial charge on any atom is 0.123 e. The van der Waals surface area contributed by atoms with Gasteiger partial charge in [0.25, 0.3) is 0 Å². The second-order valence-corrected chi connectivity index (χ2v) is 5.89. The molecule has 2 N–H and O–H groups in total. The van der Waals surface area contributed by atoms with Crippen LogP contribution < -0.4 is 4.74 Å². The van der Waals surface area contributed by atoms with E-state index < -0.39 is 6.10 Å². The van der Waals surface area contributed by atoms with Gasteiger partial charge in [-0.05, 0) is 36.5 Å². The number of phenolic OH excluding ortho intramolecular Hbond substituents is 1. The first kappa shape index (κ1) is 14.7. The highest BCUT2D eigenvalue weighted by molar-refractivity contribution is 9.09. The van der Waals surface area contributed by atoms with Crippen LogP contribution in [0.1, 0.15) is 43.8 Å². The van der Waals surface area contributed by atoms with Crippen molar-refractivity contribution in [2.75, 3.05) is 11.9 Å². The van der Waals surface area contributed by atoms with E-state index in [0.29, 0.717) is 29.2 Å². The number of rotatable bonds is 5. The summed E-state index contributed by atoms with van der Waals surface area (Å²) < 4.78 is 5.78. The Morgan fingerprint density at radius 2 is 1.95 bits per heavy atom. The zero-order valence-electron chi connectivity index (χ0n) is 11.0. The van der Waals surface area contributed by atoms with E-state index in [1.165, 1.54) is 32.1 Å². The molecular formula is C15H21BrO3. The fourth-order valence-electron chi connectivity index (χ4n) is 2.54. The van der Waals surface area contributed by atoms with Crippen molar-refractivity contribution >= 4 is 15.9 Å². The van der Waals surface area contributed by atoms with Crippen molar-refractivity contribution < 1.29 is 14.9 Å². The molecule has 0 amide bonds. The molecule has 1 saturated carbocycles. The fraction of sp³-hybridized carbons (Fsp3) is 0.600. The van der Waals surface area contributed by atoms with Gasteiger partial charge in [0.2, 0.25) is 0 Å². The first-order valence-corrected chi connectivity index (χ1v) is 8.02. The third kappa shape index (κ3) is 4.39. The zero-order chi connectivity index (χ0) is 13.7. The second-order valence-electron chi connectivity index (χ2n) is 5.25. The topological polar surface area (TPSA) is 49.7 Å². The quantitative estimate of drug-likeness (QED) is 0.808. The van der Waals surface area contributed by atoms with E-state index in [-0.39, 0.29) is 5.75 Å². The summed E-state index contributed by atoms with van der Waals surface area (Å²) in [7, 11) is 0. The number of aliphatic hydroxyl groups excluding tert-OH is 1. The lowest BCUT2D eigenvalue weighted by molar-refractivity contribution is 0.198. The van der Waals surface area contributed by atoms with Gasteiger partial charge in [-0.15, -0.1) is 0 Å². The van der Waals surface area contributed by atoms with Gasteiger partial charge >= 0.3 is 0 Å². The van der Waals surface area contributed by atoms with Crippen LogP contribution >= 0.6 is 15.9 Å². The molecule has 0 bridgehead atoms. The minimum atomic E-state index is -0.621. The third-order valence-corrected chi connectivity index (χ3v) is 4.27. The van der Waals surface area contributed by atoms with Crippen LogP contribution in [0, 0.1) is 5.92 Å². The molecule has 0 spiro atoms. The maximum absolute atomic E-state index is 9.78. The molecule has 0 aliphatic heterocycles. The van der Waals surface area contributed by atoms with Crippen molar-refractivity contribution in [3.63, 3.8) is 0 Å². The molecule has 0 aromatic heterocycles. The van der Waals surface area contributed by atoms with Gasteiger partial charge in [-0.1, -0.05) is 35.2 Å². The lowest BCUT2D eigenvalue weighted by Crippen LogP contribution is -2.15. The van der Waals surface area contributed by atoms with Crippen LogP contribution in [0.5, 0.6) is 11.5 Å². The number of hydrogen-bond donors (Lipinski definition) is 2. The molecule has 1 atom stereocenters. The van der Waals surface area contributed by atoms with Gasteiger partial charge in [0.1, 0.15) is 11.5 Å². The number of halogens is 1. The summed E-state index contributed by atoms with van der Waals surface area (Å²) in [6.07, 6.45) is 5.77. The summed E-state index contributed by atoms with van der Waals surface area (Å²) in [4.78, 5) is 0.